The molecule has 0 unspecified atom stereocenters. The third-order valence-electron chi connectivity index (χ3n) is 3.61. The zero-order valence-electron chi connectivity index (χ0n) is 10.5. The fourth-order valence-corrected chi connectivity index (χ4v) is 2.55. The number of fused-ring (bicyclic) bond motifs is 1. The summed E-state index contributed by atoms with van der Waals surface area (Å²) < 4.78 is 7.52. The Kier molecular flexibility index (Phi) is 3.16. The molecule has 1 heterocycles. The maximum absolute atomic E-state index is 5.99. The molecule has 1 fully saturated rings. The fraction of sp³-hybridized carbons (Fsp3) is 0.500. The van der Waals surface area contributed by atoms with Crippen LogP contribution in [-0.4, -0.2) is 16.7 Å². The van der Waals surface area contributed by atoms with E-state index in [1.165, 1.54) is 19.3 Å². The molecule has 1 saturated carbocycles. The summed E-state index contributed by atoms with van der Waals surface area (Å²) in [6.07, 6.45) is 3.99. The predicted molar refractivity (Wildman–Crippen MR) is 73.2 cm³/mol. The molecule has 18 heavy (non-hydrogen) atoms. The standard InChI is InChI=1S/C14H17ClN2O/c1-18-11-4-5-12-13(8-11)17(14(9-15)16-12)7-6-10-2-3-10/h4-5,8,10H,2-3,6-7,9H2,1H3. The SMILES string of the molecule is COc1ccc2nc(CCl)n(CCC3CC3)c2c1. The Morgan fingerprint density at radius 2 is 2.28 bits per heavy atom. The lowest BCUT2D eigenvalue weighted by Gasteiger charge is -2.07. The van der Waals surface area contributed by atoms with Crippen molar-refractivity contribution in [3.63, 3.8) is 0 Å². The second-order valence-electron chi connectivity index (χ2n) is 4.90. The Morgan fingerprint density at radius 3 is 2.94 bits per heavy atom. The molecule has 1 aliphatic rings. The van der Waals surface area contributed by atoms with Crippen molar-refractivity contribution in [1.29, 1.82) is 0 Å². The molecule has 0 N–H and O–H groups in total. The summed E-state index contributed by atoms with van der Waals surface area (Å²) in [7, 11) is 1.69. The van der Waals surface area contributed by atoms with E-state index < -0.39 is 0 Å². The summed E-state index contributed by atoms with van der Waals surface area (Å²) in [5, 5.41) is 0. The topological polar surface area (TPSA) is 27.1 Å². The molecule has 0 aliphatic heterocycles. The number of nitrogens with zero attached hydrogens (tertiary/aromatic N) is 2. The van der Waals surface area contributed by atoms with Gasteiger partial charge in [0.25, 0.3) is 0 Å². The predicted octanol–water partition coefficient (Wildman–Crippen LogP) is 3.58. The molecule has 1 aromatic heterocycles. The third-order valence-corrected chi connectivity index (χ3v) is 3.85. The Morgan fingerprint density at radius 1 is 1.44 bits per heavy atom. The number of methoxy groups -OCH3 is 1. The maximum atomic E-state index is 5.99. The van der Waals surface area contributed by atoms with E-state index in [2.05, 4.69) is 9.55 Å². The average Bonchev–Trinajstić information content (AvgIpc) is 3.16. The quantitative estimate of drug-likeness (QED) is 0.772. The zero-order valence-corrected chi connectivity index (χ0v) is 11.3. The first kappa shape index (κ1) is 11.8. The smallest absolute Gasteiger partial charge is 0.124 e. The molecule has 2 aromatic rings. The van der Waals surface area contributed by atoms with Crippen LogP contribution in [0.25, 0.3) is 11.0 Å². The molecule has 0 bridgehead atoms. The Hall–Kier alpha value is -1.22. The normalized spacial score (nSPS) is 15.2. The Bertz CT molecular complexity index is 560. The van der Waals surface area contributed by atoms with E-state index in [-0.39, 0.29) is 0 Å². The van der Waals surface area contributed by atoms with Gasteiger partial charge in [-0.3, -0.25) is 0 Å². The van der Waals surface area contributed by atoms with Crippen LogP contribution in [0.1, 0.15) is 25.1 Å². The van der Waals surface area contributed by atoms with Gasteiger partial charge in [0.2, 0.25) is 0 Å². The van der Waals surface area contributed by atoms with Crippen LogP contribution in [0.3, 0.4) is 0 Å². The van der Waals surface area contributed by atoms with Crippen LogP contribution in [0.15, 0.2) is 18.2 Å². The minimum atomic E-state index is 0.460. The number of hydrogen-bond donors (Lipinski definition) is 0. The second-order valence-corrected chi connectivity index (χ2v) is 5.17. The van der Waals surface area contributed by atoms with Gasteiger partial charge < -0.3 is 9.30 Å². The number of aromatic nitrogens is 2. The Balaban J connectivity index is 1.99. The molecule has 0 atom stereocenters. The van der Waals surface area contributed by atoms with Crippen molar-refractivity contribution in [3.8, 4) is 5.75 Å². The van der Waals surface area contributed by atoms with Gasteiger partial charge in [-0.25, -0.2) is 4.98 Å². The van der Waals surface area contributed by atoms with Crippen LogP contribution in [0.4, 0.5) is 0 Å². The molecule has 3 rings (SSSR count). The highest BCUT2D eigenvalue weighted by Gasteiger charge is 2.21. The molecule has 0 spiro atoms. The fourth-order valence-electron chi connectivity index (χ4n) is 2.35. The lowest BCUT2D eigenvalue weighted by atomic mass is 10.2. The number of imidazole rings is 1. The van der Waals surface area contributed by atoms with Crippen molar-refractivity contribution in [3.05, 3.63) is 24.0 Å². The molecule has 3 nitrogen and oxygen atoms in total. The van der Waals surface area contributed by atoms with E-state index in [9.17, 15) is 0 Å². The van der Waals surface area contributed by atoms with E-state index in [0.29, 0.717) is 5.88 Å². The summed E-state index contributed by atoms with van der Waals surface area (Å²) in [6.45, 7) is 1.01. The molecule has 4 heteroatoms. The Labute approximate surface area is 112 Å². The lowest BCUT2D eigenvalue weighted by Crippen LogP contribution is -2.03. The van der Waals surface area contributed by atoms with Gasteiger partial charge in [0.15, 0.2) is 0 Å². The molecule has 0 amide bonds. The van der Waals surface area contributed by atoms with E-state index in [4.69, 9.17) is 16.3 Å². The average molecular weight is 265 g/mol. The second kappa shape index (κ2) is 4.81. The summed E-state index contributed by atoms with van der Waals surface area (Å²) in [5.74, 6) is 3.20. The minimum Gasteiger partial charge on any atom is -0.497 e. The van der Waals surface area contributed by atoms with Gasteiger partial charge in [-0.2, -0.15) is 0 Å². The third kappa shape index (κ3) is 2.19. The maximum Gasteiger partial charge on any atom is 0.124 e. The van der Waals surface area contributed by atoms with Gasteiger partial charge in [0, 0.05) is 12.6 Å². The van der Waals surface area contributed by atoms with E-state index >= 15 is 0 Å². The lowest BCUT2D eigenvalue weighted by molar-refractivity contribution is 0.415. The first-order chi connectivity index (χ1) is 8.81. The summed E-state index contributed by atoms with van der Waals surface area (Å²) in [4.78, 5) is 4.58. The van der Waals surface area contributed by atoms with Gasteiger partial charge in [0.1, 0.15) is 11.6 Å². The first-order valence-corrected chi connectivity index (χ1v) is 6.94. The monoisotopic (exact) mass is 264 g/mol. The van der Waals surface area contributed by atoms with Gasteiger partial charge in [-0.05, 0) is 24.5 Å². The van der Waals surface area contributed by atoms with Gasteiger partial charge >= 0.3 is 0 Å². The van der Waals surface area contributed by atoms with Crippen LogP contribution in [0, 0.1) is 5.92 Å². The zero-order chi connectivity index (χ0) is 12.5. The van der Waals surface area contributed by atoms with Crippen molar-refractivity contribution >= 4 is 22.6 Å². The highest BCUT2D eigenvalue weighted by molar-refractivity contribution is 6.16. The van der Waals surface area contributed by atoms with Crippen molar-refractivity contribution in [2.75, 3.05) is 7.11 Å². The van der Waals surface area contributed by atoms with Gasteiger partial charge in [-0.1, -0.05) is 12.8 Å². The van der Waals surface area contributed by atoms with Gasteiger partial charge in [-0.15, -0.1) is 11.6 Å². The summed E-state index contributed by atoms with van der Waals surface area (Å²) >= 11 is 5.99. The number of aryl methyl sites for hydroxylation is 1. The van der Waals surface area contributed by atoms with Crippen molar-refractivity contribution in [2.24, 2.45) is 5.92 Å². The van der Waals surface area contributed by atoms with E-state index in [1.54, 1.807) is 7.11 Å². The largest absolute Gasteiger partial charge is 0.497 e. The molecule has 0 radical (unpaired) electrons. The molecule has 1 aliphatic carbocycles. The van der Waals surface area contributed by atoms with Crippen molar-refractivity contribution in [2.45, 2.75) is 31.7 Å². The van der Waals surface area contributed by atoms with E-state index in [0.717, 1.165) is 35.1 Å². The summed E-state index contributed by atoms with van der Waals surface area (Å²) in [6, 6.07) is 5.99. The number of alkyl halides is 1. The number of halogens is 1. The molecular weight excluding hydrogens is 248 g/mol. The van der Waals surface area contributed by atoms with Crippen molar-refractivity contribution < 1.29 is 4.74 Å². The first-order valence-electron chi connectivity index (χ1n) is 6.41. The number of rotatable bonds is 5. The highest BCUT2D eigenvalue weighted by Crippen LogP contribution is 2.33. The molecular formula is C14H17ClN2O. The van der Waals surface area contributed by atoms with Gasteiger partial charge in [0.05, 0.1) is 24.0 Å². The molecule has 1 aromatic carbocycles. The minimum absolute atomic E-state index is 0.460. The molecule has 0 saturated heterocycles. The van der Waals surface area contributed by atoms with Crippen LogP contribution in [0.5, 0.6) is 5.75 Å². The summed E-state index contributed by atoms with van der Waals surface area (Å²) in [5.41, 5.74) is 2.13. The number of benzene rings is 1. The highest BCUT2D eigenvalue weighted by atomic mass is 35.5. The van der Waals surface area contributed by atoms with Crippen LogP contribution in [0.2, 0.25) is 0 Å². The number of hydrogen-bond acceptors (Lipinski definition) is 2. The van der Waals surface area contributed by atoms with Crippen LogP contribution >= 0.6 is 11.6 Å². The molecule has 96 valence electrons. The van der Waals surface area contributed by atoms with E-state index in [1.807, 2.05) is 18.2 Å². The van der Waals surface area contributed by atoms with Crippen molar-refractivity contribution in [1.82, 2.24) is 9.55 Å². The van der Waals surface area contributed by atoms with Crippen LogP contribution in [-0.2, 0) is 12.4 Å². The van der Waals surface area contributed by atoms with Crippen LogP contribution < -0.4 is 4.74 Å². The number of ether oxygens (including phenoxy) is 1.